The number of aliphatic hydroxyl groups is 1. The van der Waals surface area contributed by atoms with Gasteiger partial charge >= 0.3 is 0 Å². The second-order valence-electron chi connectivity index (χ2n) is 9.09. The lowest BCUT2D eigenvalue weighted by Gasteiger charge is -2.35. The van der Waals surface area contributed by atoms with Crippen LogP contribution in [0.4, 0.5) is 30.2 Å². The lowest BCUT2D eigenvalue weighted by Crippen LogP contribution is -2.43. The zero-order valence-electron chi connectivity index (χ0n) is 19.3. The van der Waals surface area contributed by atoms with Crippen LogP contribution in [0.5, 0.6) is 0 Å². The van der Waals surface area contributed by atoms with Gasteiger partial charge in [0, 0.05) is 30.8 Å². The highest BCUT2D eigenvalue weighted by Crippen LogP contribution is 2.41. The van der Waals surface area contributed by atoms with Gasteiger partial charge in [-0.3, -0.25) is 9.78 Å². The van der Waals surface area contributed by atoms with Gasteiger partial charge in [-0.15, -0.1) is 0 Å². The number of amides is 1. The van der Waals surface area contributed by atoms with Gasteiger partial charge in [0.05, 0.1) is 40.6 Å². The summed E-state index contributed by atoms with van der Waals surface area (Å²) >= 11 is 0. The van der Waals surface area contributed by atoms with Gasteiger partial charge in [-0.2, -0.15) is 0 Å². The van der Waals surface area contributed by atoms with Crippen LogP contribution >= 0.6 is 0 Å². The fraction of sp³-hybridized carbons (Fsp3) is 0.320. The van der Waals surface area contributed by atoms with Crippen molar-refractivity contribution in [1.29, 1.82) is 0 Å². The Kier molecular flexibility index (Phi) is 6.27. The number of fused-ring (bicyclic) bond motifs is 1. The number of nitrogens with two attached hydrogens (primary N) is 2. The summed E-state index contributed by atoms with van der Waals surface area (Å²) in [7, 11) is 0. The number of halogens is 3. The Morgan fingerprint density at radius 3 is 2.64 bits per heavy atom. The van der Waals surface area contributed by atoms with Crippen LogP contribution in [0.3, 0.4) is 0 Å². The van der Waals surface area contributed by atoms with Crippen LogP contribution in [0.2, 0.25) is 0 Å². The van der Waals surface area contributed by atoms with E-state index in [-0.39, 0.29) is 11.7 Å². The molecular formula is C25H25F3N6O2. The van der Waals surface area contributed by atoms with Gasteiger partial charge < -0.3 is 26.8 Å². The van der Waals surface area contributed by atoms with Crippen LogP contribution in [0.15, 0.2) is 30.5 Å². The third kappa shape index (κ3) is 4.24. The van der Waals surface area contributed by atoms with Crippen LogP contribution in [0, 0.1) is 17.5 Å². The lowest BCUT2D eigenvalue weighted by atomic mass is 10.0. The average Bonchev–Trinajstić information content (AvgIpc) is 3.20. The summed E-state index contributed by atoms with van der Waals surface area (Å²) in [6.07, 6.45) is 3.56. The van der Waals surface area contributed by atoms with Gasteiger partial charge in [0.15, 0.2) is 11.5 Å². The summed E-state index contributed by atoms with van der Waals surface area (Å²) in [6, 6.07) is 3.84. The van der Waals surface area contributed by atoms with E-state index >= 15 is 0 Å². The molecule has 1 fully saturated rings. The molecule has 0 spiro atoms. The van der Waals surface area contributed by atoms with Gasteiger partial charge in [-0.25, -0.2) is 18.2 Å². The average molecular weight is 499 g/mol. The standard InChI is InChI=1S/C25H25F3N6O2/c26-14-4-1-5-15(27)20(14)22-16(28)9-17(30)23(33-22)25(36)32-18-10-31-21-13(6-7-19(21)35)24(18)34-8-2-3-12(29)11-34/h1,4-5,9-10,12,19,35H,2-3,6-8,11,29-30H2,(H,32,36)/t12-,19?/m0/s1. The quantitative estimate of drug-likeness (QED) is 0.434. The molecule has 2 aromatic heterocycles. The van der Waals surface area contributed by atoms with Crippen LogP contribution in [-0.2, 0) is 6.42 Å². The summed E-state index contributed by atoms with van der Waals surface area (Å²) in [4.78, 5) is 23.6. The summed E-state index contributed by atoms with van der Waals surface area (Å²) < 4.78 is 43.3. The first-order valence-corrected chi connectivity index (χ1v) is 11.7. The Morgan fingerprint density at radius 2 is 1.92 bits per heavy atom. The van der Waals surface area contributed by atoms with Crippen LogP contribution in [0.1, 0.15) is 47.1 Å². The maximum atomic E-state index is 14.6. The molecule has 0 bridgehead atoms. The second kappa shape index (κ2) is 9.40. The molecular weight excluding hydrogens is 473 g/mol. The van der Waals surface area contributed by atoms with Crippen molar-refractivity contribution in [2.75, 3.05) is 29.0 Å². The van der Waals surface area contributed by atoms with E-state index < -0.39 is 46.4 Å². The molecule has 11 heteroatoms. The van der Waals surface area contributed by atoms with E-state index in [1.165, 1.54) is 6.20 Å². The fourth-order valence-electron chi connectivity index (χ4n) is 4.94. The third-order valence-electron chi connectivity index (χ3n) is 6.61. The third-order valence-corrected chi connectivity index (χ3v) is 6.61. The SMILES string of the molecule is Nc1cc(F)c(-c2c(F)cccc2F)nc1C(=O)Nc1cnc2c(c1N1CCC[C@H](N)C1)CCC2O. The van der Waals surface area contributed by atoms with Crippen LogP contribution in [0.25, 0.3) is 11.3 Å². The van der Waals surface area contributed by atoms with Gasteiger partial charge in [0.25, 0.3) is 5.91 Å². The Hall–Kier alpha value is -3.70. The van der Waals surface area contributed by atoms with E-state index in [1.807, 2.05) is 0 Å². The number of benzene rings is 1. The largest absolute Gasteiger partial charge is 0.397 e. The minimum absolute atomic E-state index is 0.0509. The van der Waals surface area contributed by atoms with Crippen molar-refractivity contribution >= 4 is 23.0 Å². The Bertz CT molecular complexity index is 1330. The molecule has 1 saturated heterocycles. The molecule has 3 aromatic rings. The van der Waals surface area contributed by atoms with E-state index in [2.05, 4.69) is 20.2 Å². The molecule has 8 nitrogen and oxygen atoms in total. The number of pyridine rings is 2. The molecule has 1 unspecified atom stereocenters. The zero-order chi connectivity index (χ0) is 25.6. The number of carbonyl (C=O) groups excluding carboxylic acids is 1. The summed E-state index contributed by atoms with van der Waals surface area (Å²) in [6.45, 7) is 1.26. The fourth-order valence-corrected chi connectivity index (χ4v) is 4.94. The number of carbonyl (C=O) groups is 1. The number of hydrogen-bond donors (Lipinski definition) is 4. The van der Waals surface area contributed by atoms with Gasteiger partial charge in [-0.05, 0) is 37.8 Å². The predicted molar refractivity (Wildman–Crippen MR) is 129 cm³/mol. The van der Waals surface area contributed by atoms with Crippen LogP contribution < -0.4 is 21.7 Å². The van der Waals surface area contributed by atoms with Crippen molar-refractivity contribution in [2.45, 2.75) is 37.8 Å². The highest BCUT2D eigenvalue weighted by Gasteiger charge is 2.31. The number of nitrogen functional groups attached to an aromatic ring is 1. The number of anilines is 3. The monoisotopic (exact) mass is 498 g/mol. The molecule has 1 amide bonds. The van der Waals surface area contributed by atoms with Gasteiger partial charge in [0.1, 0.15) is 17.3 Å². The highest BCUT2D eigenvalue weighted by molar-refractivity contribution is 6.08. The first-order valence-electron chi connectivity index (χ1n) is 11.7. The Balaban J connectivity index is 1.55. The number of nitrogens with one attached hydrogen (secondary N) is 1. The normalized spacial score (nSPS) is 19.3. The van der Waals surface area contributed by atoms with Crippen molar-refractivity contribution in [3.63, 3.8) is 0 Å². The first-order chi connectivity index (χ1) is 17.2. The van der Waals surface area contributed by atoms with Gasteiger partial charge in [-0.1, -0.05) is 6.07 Å². The number of aliphatic hydroxyl groups excluding tert-OH is 1. The lowest BCUT2D eigenvalue weighted by molar-refractivity contribution is 0.102. The first kappa shape index (κ1) is 24.0. The maximum Gasteiger partial charge on any atom is 0.276 e. The molecule has 36 heavy (non-hydrogen) atoms. The number of rotatable bonds is 4. The number of hydrogen-bond acceptors (Lipinski definition) is 7. The summed E-state index contributed by atoms with van der Waals surface area (Å²) in [5, 5.41) is 13.1. The Morgan fingerprint density at radius 1 is 1.17 bits per heavy atom. The Labute approximate surface area is 205 Å². The van der Waals surface area contributed by atoms with E-state index in [1.54, 1.807) is 0 Å². The van der Waals surface area contributed by atoms with Crippen molar-refractivity contribution in [3.05, 3.63) is 64.9 Å². The summed E-state index contributed by atoms with van der Waals surface area (Å²) in [5.74, 6) is -3.91. The summed E-state index contributed by atoms with van der Waals surface area (Å²) in [5.41, 5.74) is 12.5. The predicted octanol–water partition coefficient (Wildman–Crippen LogP) is 3.30. The van der Waals surface area contributed by atoms with Gasteiger partial charge in [0.2, 0.25) is 0 Å². The van der Waals surface area contributed by atoms with E-state index in [0.717, 1.165) is 42.7 Å². The van der Waals surface area contributed by atoms with Crippen LogP contribution in [-0.4, -0.2) is 40.1 Å². The van der Waals surface area contributed by atoms with Crippen molar-refractivity contribution in [2.24, 2.45) is 5.73 Å². The molecule has 2 aliphatic rings. The van der Waals surface area contributed by atoms with Crippen molar-refractivity contribution < 1.29 is 23.1 Å². The molecule has 0 radical (unpaired) electrons. The molecule has 1 aromatic carbocycles. The molecule has 1 aliphatic heterocycles. The van der Waals surface area contributed by atoms with E-state index in [0.29, 0.717) is 43.0 Å². The minimum Gasteiger partial charge on any atom is -0.397 e. The molecule has 6 N–H and O–H groups in total. The number of piperidine rings is 1. The minimum atomic E-state index is -1.07. The molecule has 2 atom stereocenters. The molecule has 5 rings (SSSR count). The topological polar surface area (TPSA) is 130 Å². The second-order valence-corrected chi connectivity index (χ2v) is 9.09. The van der Waals surface area contributed by atoms with E-state index in [4.69, 9.17) is 11.5 Å². The van der Waals surface area contributed by atoms with Crippen molar-refractivity contribution in [1.82, 2.24) is 9.97 Å². The highest BCUT2D eigenvalue weighted by atomic mass is 19.1. The molecule has 0 saturated carbocycles. The number of aromatic nitrogens is 2. The molecule has 3 heterocycles. The molecule has 1 aliphatic carbocycles. The number of nitrogens with zero attached hydrogens (tertiary/aromatic N) is 3. The smallest absolute Gasteiger partial charge is 0.276 e. The molecule has 188 valence electrons. The zero-order valence-corrected chi connectivity index (χ0v) is 19.3. The van der Waals surface area contributed by atoms with E-state index in [9.17, 15) is 23.1 Å². The van der Waals surface area contributed by atoms with Crippen molar-refractivity contribution in [3.8, 4) is 11.3 Å². The maximum absolute atomic E-state index is 14.6.